The van der Waals surface area contributed by atoms with Crippen molar-refractivity contribution in [2.24, 2.45) is 11.8 Å². The van der Waals surface area contributed by atoms with Gasteiger partial charge in [0.05, 0.1) is 13.2 Å². The number of piperidine rings is 1. The number of benzene rings is 1. The van der Waals surface area contributed by atoms with E-state index in [0.29, 0.717) is 18.4 Å². The molecular weight excluding hydrogens is 294 g/mol. The van der Waals surface area contributed by atoms with E-state index in [4.69, 9.17) is 9.47 Å². The summed E-state index contributed by atoms with van der Waals surface area (Å²) in [4.78, 5) is 11.2. The van der Waals surface area contributed by atoms with E-state index in [-0.39, 0.29) is 18.1 Å². The van der Waals surface area contributed by atoms with E-state index in [2.05, 4.69) is 6.07 Å². The number of methoxy groups -OCH3 is 1. The molecular formula is C18H25NO4. The van der Waals surface area contributed by atoms with E-state index in [1.165, 1.54) is 12.0 Å². The maximum Gasteiger partial charge on any atom is 0.302 e. The Morgan fingerprint density at radius 1 is 1.30 bits per heavy atom. The van der Waals surface area contributed by atoms with Crippen molar-refractivity contribution in [3.8, 4) is 5.75 Å². The lowest BCUT2D eigenvalue weighted by Gasteiger charge is -2.46. The highest BCUT2D eigenvalue weighted by Gasteiger charge is 2.42. The van der Waals surface area contributed by atoms with Gasteiger partial charge in [0.1, 0.15) is 11.9 Å². The van der Waals surface area contributed by atoms with Gasteiger partial charge >= 0.3 is 5.97 Å². The zero-order valence-electron chi connectivity index (χ0n) is 13.8. The highest BCUT2D eigenvalue weighted by Crippen LogP contribution is 2.47. The molecule has 1 heterocycles. The Kier molecular flexibility index (Phi) is 4.87. The SMILES string of the molecule is COc1cccc(C2C3CCC(OC(C)=O)CC3CCN2O)c1. The minimum absolute atomic E-state index is 0.0119. The highest BCUT2D eigenvalue weighted by atomic mass is 16.5. The van der Waals surface area contributed by atoms with Crippen LogP contribution in [-0.2, 0) is 9.53 Å². The standard InChI is InChI=1S/C18H25NO4/c1-12(20)23-16-6-7-17-13(10-16)8-9-19(21)18(17)14-4-3-5-15(11-14)22-2/h3-5,11,13,16-18,21H,6-10H2,1-2H3. The molecule has 1 saturated heterocycles. The van der Waals surface area contributed by atoms with Crippen LogP contribution in [0.2, 0.25) is 0 Å². The van der Waals surface area contributed by atoms with Crippen molar-refractivity contribution < 1.29 is 19.5 Å². The number of esters is 1. The van der Waals surface area contributed by atoms with Gasteiger partial charge in [-0.3, -0.25) is 4.79 Å². The van der Waals surface area contributed by atoms with E-state index >= 15 is 0 Å². The number of hydrogen-bond donors (Lipinski definition) is 1. The van der Waals surface area contributed by atoms with E-state index in [1.54, 1.807) is 7.11 Å². The molecule has 2 fully saturated rings. The Hall–Kier alpha value is -1.59. The van der Waals surface area contributed by atoms with Crippen molar-refractivity contribution in [3.05, 3.63) is 29.8 Å². The van der Waals surface area contributed by atoms with Crippen LogP contribution in [0, 0.1) is 11.8 Å². The molecule has 4 atom stereocenters. The Bertz CT molecular complexity index is 562. The van der Waals surface area contributed by atoms with Gasteiger partial charge < -0.3 is 14.7 Å². The monoisotopic (exact) mass is 319 g/mol. The summed E-state index contributed by atoms with van der Waals surface area (Å²) in [5, 5.41) is 11.9. The molecule has 0 aromatic heterocycles. The van der Waals surface area contributed by atoms with Gasteiger partial charge in [0, 0.05) is 13.5 Å². The second-order valence-electron chi connectivity index (χ2n) is 6.64. The van der Waals surface area contributed by atoms with E-state index in [9.17, 15) is 10.0 Å². The molecule has 23 heavy (non-hydrogen) atoms. The third-order valence-corrected chi connectivity index (χ3v) is 5.22. The van der Waals surface area contributed by atoms with Gasteiger partial charge in [0.2, 0.25) is 0 Å². The summed E-state index contributed by atoms with van der Waals surface area (Å²) in [6.07, 6.45) is 3.71. The van der Waals surface area contributed by atoms with Gasteiger partial charge in [-0.2, -0.15) is 5.06 Å². The quantitative estimate of drug-likeness (QED) is 0.867. The van der Waals surface area contributed by atoms with Crippen LogP contribution in [0.3, 0.4) is 0 Å². The van der Waals surface area contributed by atoms with Crippen LogP contribution >= 0.6 is 0 Å². The second kappa shape index (κ2) is 6.89. The maximum absolute atomic E-state index is 11.2. The number of ether oxygens (including phenoxy) is 2. The molecule has 1 aliphatic carbocycles. The predicted molar refractivity (Wildman–Crippen MR) is 85.2 cm³/mol. The lowest BCUT2D eigenvalue weighted by molar-refractivity contribution is -0.187. The topological polar surface area (TPSA) is 59.0 Å². The first kappa shape index (κ1) is 16.3. The summed E-state index contributed by atoms with van der Waals surface area (Å²) >= 11 is 0. The second-order valence-corrected chi connectivity index (χ2v) is 6.64. The van der Waals surface area contributed by atoms with Gasteiger partial charge in [-0.1, -0.05) is 12.1 Å². The molecule has 1 aliphatic heterocycles. The minimum Gasteiger partial charge on any atom is -0.497 e. The molecule has 5 nitrogen and oxygen atoms in total. The first-order valence-electron chi connectivity index (χ1n) is 8.35. The van der Waals surface area contributed by atoms with Crippen molar-refractivity contribution in [1.82, 2.24) is 5.06 Å². The van der Waals surface area contributed by atoms with Gasteiger partial charge in [-0.05, 0) is 55.2 Å². The molecule has 0 radical (unpaired) electrons. The van der Waals surface area contributed by atoms with Crippen molar-refractivity contribution in [3.63, 3.8) is 0 Å². The molecule has 1 saturated carbocycles. The van der Waals surface area contributed by atoms with Crippen LogP contribution in [-0.4, -0.2) is 36.0 Å². The normalized spacial score (nSPS) is 31.3. The molecule has 5 heteroatoms. The number of rotatable bonds is 3. The number of hydrogen-bond acceptors (Lipinski definition) is 5. The number of carbonyl (C=O) groups is 1. The van der Waals surface area contributed by atoms with E-state index in [1.807, 2.05) is 18.2 Å². The summed E-state index contributed by atoms with van der Waals surface area (Å²) in [5.41, 5.74) is 1.09. The third kappa shape index (κ3) is 3.51. The van der Waals surface area contributed by atoms with Gasteiger partial charge in [-0.15, -0.1) is 0 Å². The van der Waals surface area contributed by atoms with Crippen molar-refractivity contribution in [1.29, 1.82) is 0 Å². The fourth-order valence-electron chi connectivity index (χ4n) is 4.24. The van der Waals surface area contributed by atoms with E-state index < -0.39 is 0 Å². The Morgan fingerprint density at radius 3 is 2.87 bits per heavy atom. The molecule has 1 aromatic rings. The van der Waals surface area contributed by atoms with Crippen molar-refractivity contribution in [2.45, 2.75) is 44.8 Å². The van der Waals surface area contributed by atoms with Gasteiger partial charge in [-0.25, -0.2) is 0 Å². The maximum atomic E-state index is 11.2. The molecule has 1 aromatic carbocycles. The van der Waals surface area contributed by atoms with Crippen LogP contribution in [0.1, 0.15) is 44.2 Å². The number of carbonyl (C=O) groups excluding carboxylic acids is 1. The number of hydroxylamine groups is 2. The fraction of sp³-hybridized carbons (Fsp3) is 0.611. The molecule has 0 spiro atoms. The lowest BCUT2D eigenvalue weighted by atomic mass is 9.69. The Morgan fingerprint density at radius 2 is 2.13 bits per heavy atom. The minimum atomic E-state index is -0.197. The molecule has 4 unspecified atom stereocenters. The molecule has 1 N–H and O–H groups in total. The molecule has 126 valence electrons. The Balaban J connectivity index is 1.79. The van der Waals surface area contributed by atoms with Gasteiger partial charge in [0.25, 0.3) is 0 Å². The Labute approximate surface area is 137 Å². The zero-order valence-corrected chi connectivity index (χ0v) is 13.8. The first-order chi connectivity index (χ1) is 11.1. The van der Waals surface area contributed by atoms with E-state index in [0.717, 1.165) is 37.0 Å². The van der Waals surface area contributed by atoms with Crippen LogP contribution < -0.4 is 4.74 Å². The van der Waals surface area contributed by atoms with Crippen LogP contribution in [0.5, 0.6) is 5.75 Å². The van der Waals surface area contributed by atoms with Gasteiger partial charge in [0.15, 0.2) is 0 Å². The summed E-state index contributed by atoms with van der Waals surface area (Å²) in [6.45, 7) is 2.12. The predicted octanol–water partition coefficient (Wildman–Crippen LogP) is 3.18. The number of nitrogens with zero attached hydrogens (tertiary/aromatic N) is 1. The first-order valence-corrected chi connectivity index (χ1v) is 8.35. The van der Waals surface area contributed by atoms with Crippen LogP contribution in [0.25, 0.3) is 0 Å². The lowest BCUT2D eigenvalue weighted by Crippen LogP contribution is -2.45. The van der Waals surface area contributed by atoms with Crippen LogP contribution in [0.15, 0.2) is 24.3 Å². The highest BCUT2D eigenvalue weighted by molar-refractivity contribution is 5.66. The van der Waals surface area contributed by atoms with Crippen LogP contribution in [0.4, 0.5) is 0 Å². The molecule has 0 bridgehead atoms. The smallest absolute Gasteiger partial charge is 0.302 e. The zero-order chi connectivity index (χ0) is 16.4. The van der Waals surface area contributed by atoms with Crippen molar-refractivity contribution in [2.75, 3.05) is 13.7 Å². The summed E-state index contributed by atoms with van der Waals surface area (Å²) < 4.78 is 10.7. The summed E-state index contributed by atoms with van der Waals surface area (Å²) in [5.74, 6) is 1.48. The summed E-state index contributed by atoms with van der Waals surface area (Å²) in [6, 6.07) is 7.94. The van der Waals surface area contributed by atoms with Crippen molar-refractivity contribution >= 4 is 5.97 Å². The third-order valence-electron chi connectivity index (χ3n) is 5.22. The molecule has 0 amide bonds. The number of fused-ring (bicyclic) bond motifs is 1. The molecule has 3 rings (SSSR count). The average Bonchev–Trinajstić information content (AvgIpc) is 2.54. The molecule has 2 aliphatic rings. The largest absolute Gasteiger partial charge is 0.497 e. The average molecular weight is 319 g/mol. The summed E-state index contributed by atoms with van der Waals surface area (Å²) in [7, 11) is 1.66. The fourth-order valence-corrected chi connectivity index (χ4v) is 4.24.